The number of rotatable bonds is 4. The Labute approximate surface area is 134 Å². The van der Waals surface area contributed by atoms with E-state index in [2.05, 4.69) is 17.1 Å². The Hall–Kier alpha value is -1.88. The zero-order valence-corrected chi connectivity index (χ0v) is 13.7. The molecule has 1 aliphatic rings. The van der Waals surface area contributed by atoms with E-state index in [-0.39, 0.29) is 11.9 Å². The van der Waals surface area contributed by atoms with E-state index in [9.17, 15) is 4.79 Å². The van der Waals surface area contributed by atoms with Crippen LogP contribution in [0.25, 0.3) is 0 Å². The molecule has 1 amide bonds. The Balaban J connectivity index is 1.81. The van der Waals surface area contributed by atoms with E-state index in [1.54, 1.807) is 5.51 Å². The molecule has 0 spiro atoms. The number of ether oxygens (including phenoxy) is 1. The minimum Gasteiger partial charge on any atom is -0.494 e. The van der Waals surface area contributed by atoms with Crippen LogP contribution in [-0.2, 0) is 0 Å². The van der Waals surface area contributed by atoms with E-state index in [0.717, 1.165) is 35.7 Å². The molecule has 0 bridgehead atoms. The number of carbonyl (C=O) groups excluding carboxylic acids is 1. The maximum absolute atomic E-state index is 12.8. The van der Waals surface area contributed by atoms with Crippen LogP contribution < -0.4 is 4.74 Å². The van der Waals surface area contributed by atoms with Crippen LogP contribution in [0.15, 0.2) is 29.8 Å². The molecule has 0 radical (unpaired) electrons. The monoisotopic (exact) mass is 316 g/mol. The van der Waals surface area contributed by atoms with Gasteiger partial charge in [-0.3, -0.25) is 4.79 Å². The largest absolute Gasteiger partial charge is 0.494 e. The van der Waals surface area contributed by atoms with Gasteiger partial charge in [-0.1, -0.05) is 12.1 Å². The van der Waals surface area contributed by atoms with Crippen molar-refractivity contribution in [3.8, 4) is 5.75 Å². The normalized spacial score (nSPS) is 17.7. The number of hydrogen-bond donors (Lipinski definition) is 0. The molecule has 2 heterocycles. The van der Waals surface area contributed by atoms with Gasteiger partial charge in [0.05, 0.1) is 23.9 Å². The first-order valence-corrected chi connectivity index (χ1v) is 8.52. The molecule has 0 aliphatic carbocycles. The summed E-state index contributed by atoms with van der Waals surface area (Å²) in [6.45, 7) is 5.35. The zero-order chi connectivity index (χ0) is 15.5. The molecular weight excluding hydrogens is 296 g/mol. The Kier molecular flexibility index (Phi) is 4.43. The topological polar surface area (TPSA) is 42.4 Å². The summed E-state index contributed by atoms with van der Waals surface area (Å²) in [4.78, 5) is 19.7. The highest BCUT2D eigenvalue weighted by molar-refractivity contribution is 7.11. The lowest BCUT2D eigenvalue weighted by atomic mass is 10.0. The summed E-state index contributed by atoms with van der Waals surface area (Å²) in [6.07, 6.45) is 2.05. The second kappa shape index (κ2) is 6.48. The fourth-order valence-electron chi connectivity index (χ4n) is 2.95. The quantitative estimate of drug-likeness (QED) is 0.861. The minimum atomic E-state index is 0.108. The van der Waals surface area contributed by atoms with Crippen LogP contribution in [0.4, 0.5) is 0 Å². The van der Waals surface area contributed by atoms with Crippen molar-refractivity contribution in [2.24, 2.45) is 0 Å². The smallest absolute Gasteiger partial charge is 0.266 e. The fraction of sp³-hybridized carbons (Fsp3) is 0.412. The highest BCUT2D eigenvalue weighted by atomic mass is 32.1. The van der Waals surface area contributed by atoms with E-state index in [0.29, 0.717) is 6.61 Å². The zero-order valence-electron chi connectivity index (χ0n) is 12.9. The molecule has 2 aromatic rings. The predicted molar refractivity (Wildman–Crippen MR) is 87.5 cm³/mol. The molecule has 1 atom stereocenters. The molecule has 1 unspecified atom stereocenters. The molecule has 116 valence electrons. The number of hydrogen-bond acceptors (Lipinski definition) is 4. The Morgan fingerprint density at radius 1 is 1.41 bits per heavy atom. The number of benzene rings is 1. The lowest BCUT2D eigenvalue weighted by Gasteiger charge is -2.25. The molecule has 3 rings (SSSR count). The van der Waals surface area contributed by atoms with E-state index in [1.165, 1.54) is 16.9 Å². The molecule has 0 saturated carbocycles. The molecule has 1 aromatic carbocycles. The van der Waals surface area contributed by atoms with Gasteiger partial charge in [-0.25, -0.2) is 4.98 Å². The summed E-state index contributed by atoms with van der Waals surface area (Å²) < 4.78 is 5.49. The first kappa shape index (κ1) is 15.0. The molecule has 22 heavy (non-hydrogen) atoms. The van der Waals surface area contributed by atoms with Crippen molar-refractivity contribution in [1.82, 2.24) is 9.88 Å². The second-order valence-electron chi connectivity index (χ2n) is 5.43. The number of carbonyl (C=O) groups is 1. The van der Waals surface area contributed by atoms with Crippen LogP contribution >= 0.6 is 11.3 Å². The number of nitrogens with zero attached hydrogens (tertiary/aromatic N) is 2. The van der Waals surface area contributed by atoms with Crippen molar-refractivity contribution in [3.63, 3.8) is 0 Å². The number of aryl methyl sites for hydroxylation is 1. The van der Waals surface area contributed by atoms with Gasteiger partial charge in [0.2, 0.25) is 0 Å². The van der Waals surface area contributed by atoms with Crippen LogP contribution in [0.3, 0.4) is 0 Å². The average molecular weight is 316 g/mol. The third-order valence-corrected chi connectivity index (χ3v) is 4.95. The van der Waals surface area contributed by atoms with Gasteiger partial charge in [-0.15, -0.1) is 11.3 Å². The fourth-order valence-corrected chi connectivity index (χ4v) is 3.70. The van der Waals surface area contributed by atoms with Gasteiger partial charge in [-0.05, 0) is 44.4 Å². The molecule has 0 N–H and O–H groups in total. The van der Waals surface area contributed by atoms with E-state index in [4.69, 9.17) is 4.74 Å². The van der Waals surface area contributed by atoms with Crippen LogP contribution in [0.5, 0.6) is 5.75 Å². The van der Waals surface area contributed by atoms with Crippen molar-refractivity contribution in [1.29, 1.82) is 0 Å². The van der Waals surface area contributed by atoms with Gasteiger partial charge in [0, 0.05) is 6.54 Å². The van der Waals surface area contributed by atoms with E-state index in [1.807, 2.05) is 30.9 Å². The average Bonchev–Trinajstić information content (AvgIpc) is 3.16. The van der Waals surface area contributed by atoms with E-state index >= 15 is 0 Å². The number of thiazole rings is 1. The molecule has 1 fully saturated rings. The van der Waals surface area contributed by atoms with Gasteiger partial charge < -0.3 is 9.64 Å². The first-order valence-electron chi connectivity index (χ1n) is 7.64. The second-order valence-corrected chi connectivity index (χ2v) is 6.28. The van der Waals surface area contributed by atoms with Crippen molar-refractivity contribution in [2.45, 2.75) is 32.7 Å². The molecule has 1 aromatic heterocycles. The number of aromatic nitrogens is 1. The summed E-state index contributed by atoms with van der Waals surface area (Å²) in [5, 5.41) is 0. The van der Waals surface area contributed by atoms with Crippen LogP contribution in [-0.4, -0.2) is 28.9 Å². The molecule has 1 saturated heterocycles. The highest BCUT2D eigenvalue weighted by Gasteiger charge is 2.31. The van der Waals surface area contributed by atoms with Crippen LogP contribution in [0.1, 0.15) is 46.7 Å². The third kappa shape index (κ3) is 2.86. The van der Waals surface area contributed by atoms with Crippen LogP contribution in [0.2, 0.25) is 0 Å². The van der Waals surface area contributed by atoms with E-state index < -0.39 is 0 Å². The molecule has 5 heteroatoms. The summed E-state index contributed by atoms with van der Waals surface area (Å²) >= 11 is 1.43. The van der Waals surface area contributed by atoms with Crippen molar-refractivity contribution < 1.29 is 9.53 Å². The number of likely N-dealkylation sites (tertiary alicyclic amines) is 1. The SMILES string of the molecule is CCOc1ccc(C2CCCN2C(=O)c2scnc2C)cc1. The van der Waals surface area contributed by atoms with Gasteiger partial charge in [0.15, 0.2) is 0 Å². The highest BCUT2D eigenvalue weighted by Crippen LogP contribution is 2.34. The Morgan fingerprint density at radius 3 is 2.82 bits per heavy atom. The van der Waals surface area contributed by atoms with Crippen molar-refractivity contribution in [3.05, 3.63) is 45.9 Å². The Bertz CT molecular complexity index is 651. The molecule has 4 nitrogen and oxygen atoms in total. The summed E-state index contributed by atoms with van der Waals surface area (Å²) in [5.74, 6) is 0.983. The van der Waals surface area contributed by atoms with Gasteiger partial charge in [-0.2, -0.15) is 0 Å². The maximum atomic E-state index is 12.8. The van der Waals surface area contributed by atoms with Crippen LogP contribution in [0, 0.1) is 6.92 Å². The summed E-state index contributed by atoms with van der Waals surface area (Å²) in [5.41, 5.74) is 3.74. The van der Waals surface area contributed by atoms with Crippen molar-refractivity contribution in [2.75, 3.05) is 13.2 Å². The van der Waals surface area contributed by atoms with Gasteiger partial charge >= 0.3 is 0 Å². The number of amides is 1. The summed E-state index contributed by atoms with van der Waals surface area (Å²) in [6, 6.07) is 8.27. The maximum Gasteiger partial charge on any atom is 0.266 e. The standard InChI is InChI=1S/C17H20N2O2S/c1-3-21-14-8-6-13(7-9-14)15-5-4-10-19(15)17(20)16-12(2)18-11-22-16/h6-9,11,15H,3-5,10H2,1-2H3. The lowest BCUT2D eigenvalue weighted by molar-refractivity contribution is 0.0739. The minimum absolute atomic E-state index is 0.108. The Morgan fingerprint density at radius 2 is 2.18 bits per heavy atom. The molecular formula is C17H20N2O2S. The van der Waals surface area contributed by atoms with Gasteiger partial charge in [0.25, 0.3) is 5.91 Å². The third-order valence-electron chi connectivity index (χ3n) is 4.03. The first-order chi connectivity index (χ1) is 10.7. The predicted octanol–water partition coefficient (Wildman–Crippen LogP) is 3.83. The van der Waals surface area contributed by atoms with Gasteiger partial charge in [0.1, 0.15) is 10.6 Å². The molecule has 1 aliphatic heterocycles. The summed E-state index contributed by atoms with van der Waals surface area (Å²) in [7, 11) is 0. The lowest BCUT2D eigenvalue weighted by Crippen LogP contribution is -2.30. The van der Waals surface area contributed by atoms with Crippen molar-refractivity contribution >= 4 is 17.2 Å².